The molecule has 1 amide bonds. The van der Waals surface area contributed by atoms with Crippen LogP contribution in [0.15, 0.2) is 41.3 Å². The predicted octanol–water partition coefficient (Wildman–Crippen LogP) is 2.45. The molecule has 0 radical (unpaired) electrons. The van der Waals surface area contributed by atoms with Gasteiger partial charge >= 0.3 is 0 Å². The number of hydrogen-bond donors (Lipinski definition) is 1. The number of nitrogens with zero attached hydrogens (tertiary/aromatic N) is 2. The van der Waals surface area contributed by atoms with Gasteiger partial charge in [0.1, 0.15) is 0 Å². The molecule has 0 unspecified atom stereocenters. The number of nitrogens with two attached hydrogens (primary N) is 1. The molecule has 26 heavy (non-hydrogen) atoms. The van der Waals surface area contributed by atoms with E-state index in [1.165, 1.54) is 14.1 Å². The van der Waals surface area contributed by atoms with Crippen LogP contribution in [0.5, 0.6) is 0 Å². The smallest absolute Gasteiger partial charge is 0.258 e. The summed E-state index contributed by atoms with van der Waals surface area (Å²) in [5.74, 6) is -0.164. The number of rotatable bonds is 3. The second kappa shape index (κ2) is 7.26. The van der Waals surface area contributed by atoms with Crippen molar-refractivity contribution < 1.29 is 13.2 Å². The zero-order valence-corrected chi connectivity index (χ0v) is 16.5. The molecule has 0 aliphatic carbocycles. The summed E-state index contributed by atoms with van der Waals surface area (Å²) in [6, 6.07) is 10.2. The average molecular weight is 396 g/mol. The van der Waals surface area contributed by atoms with E-state index in [1.807, 2.05) is 13.0 Å². The summed E-state index contributed by atoms with van der Waals surface area (Å²) in [6.45, 7) is 2.38. The zero-order chi connectivity index (χ0) is 18.4. The summed E-state index contributed by atoms with van der Waals surface area (Å²) in [6.07, 6.45) is 0.699. The molecule has 0 aromatic heterocycles. The molecule has 1 aliphatic rings. The molecule has 140 valence electrons. The van der Waals surface area contributed by atoms with Crippen LogP contribution in [0.1, 0.15) is 21.5 Å². The van der Waals surface area contributed by atoms with Crippen LogP contribution in [0.25, 0.3) is 0 Å². The molecule has 0 bridgehead atoms. The number of anilines is 2. The summed E-state index contributed by atoms with van der Waals surface area (Å²) < 4.78 is 25.9. The number of sulfonamides is 1. The zero-order valence-electron chi connectivity index (χ0n) is 14.9. The second-order valence-electron chi connectivity index (χ2n) is 6.36. The van der Waals surface area contributed by atoms with Crippen molar-refractivity contribution in [1.29, 1.82) is 0 Å². The van der Waals surface area contributed by atoms with Gasteiger partial charge in [-0.3, -0.25) is 4.79 Å². The van der Waals surface area contributed by atoms with Crippen LogP contribution in [-0.2, 0) is 16.4 Å². The molecule has 3 rings (SSSR count). The maximum absolute atomic E-state index is 13.0. The summed E-state index contributed by atoms with van der Waals surface area (Å²) in [7, 11) is -0.576. The lowest BCUT2D eigenvalue weighted by molar-refractivity contribution is 0.0989. The monoisotopic (exact) mass is 395 g/mol. The Hall–Kier alpha value is -2.09. The van der Waals surface area contributed by atoms with E-state index < -0.39 is 10.0 Å². The molecule has 2 aromatic rings. The Balaban J connectivity index is 0.00000243. The number of nitrogen functional groups attached to an aromatic ring is 1. The fraction of sp³-hybridized carbons (Fsp3) is 0.278. The molecular weight excluding hydrogens is 374 g/mol. The van der Waals surface area contributed by atoms with E-state index in [0.717, 1.165) is 15.4 Å². The minimum absolute atomic E-state index is 0. The molecule has 1 heterocycles. The SMILES string of the molecule is Cc1ccc(N)cc1C(=O)N1CCc2ccc(S(=O)(=O)N(C)C)cc21.Cl. The quantitative estimate of drug-likeness (QED) is 0.809. The summed E-state index contributed by atoms with van der Waals surface area (Å²) in [5.41, 5.74) is 9.33. The lowest BCUT2D eigenvalue weighted by Crippen LogP contribution is -2.30. The molecule has 8 heteroatoms. The van der Waals surface area contributed by atoms with Gasteiger partial charge in [0, 0.05) is 37.6 Å². The Morgan fingerprint density at radius 2 is 1.85 bits per heavy atom. The van der Waals surface area contributed by atoms with Gasteiger partial charge in [-0.2, -0.15) is 0 Å². The van der Waals surface area contributed by atoms with Gasteiger partial charge in [-0.25, -0.2) is 12.7 Å². The predicted molar refractivity (Wildman–Crippen MR) is 106 cm³/mol. The number of carbonyl (C=O) groups is 1. The third-order valence-corrected chi connectivity index (χ3v) is 6.28. The third kappa shape index (κ3) is 3.42. The van der Waals surface area contributed by atoms with Crippen molar-refractivity contribution >= 4 is 39.7 Å². The number of fused-ring (bicyclic) bond motifs is 1. The van der Waals surface area contributed by atoms with Crippen LogP contribution < -0.4 is 10.6 Å². The fourth-order valence-corrected chi connectivity index (χ4v) is 3.88. The molecule has 0 atom stereocenters. The number of amides is 1. The highest BCUT2D eigenvalue weighted by Gasteiger charge is 2.29. The van der Waals surface area contributed by atoms with E-state index in [1.54, 1.807) is 35.2 Å². The molecule has 0 saturated heterocycles. The summed E-state index contributed by atoms with van der Waals surface area (Å²) in [5, 5.41) is 0. The molecular formula is C18H22ClN3O3S. The number of hydrogen-bond acceptors (Lipinski definition) is 4. The summed E-state index contributed by atoms with van der Waals surface area (Å²) in [4.78, 5) is 14.8. The van der Waals surface area contributed by atoms with Crippen molar-refractivity contribution in [3.8, 4) is 0 Å². The van der Waals surface area contributed by atoms with Gasteiger partial charge in [-0.05, 0) is 48.7 Å². The first kappa shape index (κ1) is 20.2. The normalized spacial score (nSPS) is 13.5. The Kier molecular flexibility index (Phi) is 5.65. The van der Waals surface area contributed by atoms with E-state index in [-0.39, 0.29) is 23.2 Å². The molecule has 2 N–H and O–H groups in total. The average Bonchev–Trinajstić information content (AvgIpc) is 2.99. The van der Waals surface area contributed by atoms with Crippen molar-refractivity contribution in [2.45, 2.75) is 18.2 Å². The van der Waals surface area contributed by atoms with E-state index >= 15 is 0 Å². The first-order valence-corrected chi connectivity index (χ1v) is 9.39. The van der Waals surface area contributed by atoms with E-state index in [9.17, 15) is 13.2 Å². The van der Waals surface area contributed by atoms with E-state index in [0.29, 0.717) is 29.9 Å². The highest BCUT2D eigenvalue weighted by molar-refractivity contribution is 7.89. The Bertz CT molecular complexity index is 958. The minimum atomic E-state index is -3.55. The lowest BCUT2D eigenvalue weighted by atomic mass is 10.1. The minimum Gasteiger partial charge on any atom is -0.399 e. The van der Waals surface area contributed by atoms with Crippen LogP contribution in [0.3, 0.4) is 0 Å². The van der Waals surface area contributed by atoms with E-state index in [4.69, 9.17) is 5.73 Å². The highest BCUT2D eigenvalue weighted by Crippen LogP contribution is 2.33. The lowest BCUT2D eigenvalue weighted by Gasteiger charge is -2.20. The first-order chi connectivity index (χ1) is 11.7. The van der Waals surface area contributed by atoms with Gasteiger partial charge in [0.15, 0.2) is 0 Å². The maximum atomic E-state index is 13.0. The van der Waals surface area contributed by atoms with Gasteiger partial charge < -0.3 is 10.6 Å². The number of carbonyl (C=O) groups excluding carboxylic acids is 1. The Morgan fingerprint density at radius 1 is 1.15 bits per heavy atom. The Labute approximate surface area is 160 Å². The third-order valence-electron chi connectivity index (χ3n) is 4.47. The van der Waals surface area contributed by atoms with Crippen LogP contribution >= 0.6 is 12.4 Å². The van der Waals surface area contributed by atoms with Crippen molar-refractivity contribution in [3.63, 3.8) is 0 Å². The van der Waals surface area contributed by atoms with Gasteiger partial charge in [0.2, 0.25) is 10.0 Å². The van der Waals surface area contributed by atoms with Gasteiger partial charge in [-0.15, -0.1) is 12.4 Å². The van der Waals surface area contributed by atoms with Crippen molar-refractivity contribution in [1.82, 2.24) is 4.31 Å². The number of aryl methyl sites for hydroxylation is 1. The number of benzene rings is 2. The van der Waals surface area contributed by atoms with Crippen LogP contribution in [0, 0.1) is 6.92 Å². The maximum Gasteiger partial charge on any atom is 0.258 e. The van der Waals surface area contributed by atoms with Crippen LogP contribution in [0.2, 0.25) is 0 Å². The fourth-order valence-electron chi connectivity index (χ4n) is 2.96. The largest absolute Gasteiger partial charge is 0.399 e. The first-order valence-electron chi connectivity index (χ1n) is 7.95. The summed E-state index contributed by atoms with van der Waals surface area (Å²) >= 11 is 0. The van der Waals surface area contributed by atoms with Crippen molar-refractivity contribution in [2.75, 3.05) is 31.3 Å². The number of halogens is 1. The van der Waals surface area contributed by atoms with Crippen molar-refractivity contribution in [2.24, 2.45) is 0 Å². The standard InChI is InChI=1S/C18H21N3O3S.ClH/c1-12-4-6-14(19)10-16(12)18(22)21-9-8-13-5-7-15(11-17(13)21)25(23,24)20(2)3;/h4-7,10-11H,8-9,19H2,1-3H3;1H. The molecule has 1 aliphatic heterocycles. The van der Waals surface area contributed by atoms with E-state index in [2.05, 4.69) is 0 Å². The van der Waals surface area contributed by atoms with Gasteiger partial charge in [-0.1, -0.05) is 12.1 Å². The van der Waals surface area contributed by atoms with Crippen LogP contribution in [-0.4, -0.2) is 39.3 Å². The molecule has 0 fully saturated rings. The topological polar surface area (TPSA) is 83.7 Å². The van der Waals surface area contributed by atoms with Gasteiger partial charge in [0.25, 0.3) is 5.91 Å². The Morgan fingerprint density at radius 3 is 2.50 bits per heavy atom. The van der Waals surface area contributed by atoms with Gasteiger partial charge in [0.05, 0.1) is 4.90 Å². The molecule has 0 spiro atoms. The highest BCUT2D eigenvalue weighted by atomic mass is 35.5. The second-order valence-corrected chi connectivity index (χ2v) is 8.51. The molecule has 2 aromatic carbocycles. The molecule has 6 nitrogen and oxygen atoms in total. The molecule has 0 saturated carbocycles. The van der Waals surface area contributed by atoms with Crippen molar-refractivity contribution in [3.05, 3.63) is 53.1 Å². The van der Waals surface area contributed by atoms with Crippen LogP contribution in [0.4, 0.5) is 11.4 Å².